The van der Waals surface area contributed by atoms with E-state index in [1.165, 1.54) is 12.1 Å². The molecule has 1 rings (SSSR count). The number of anilines is 1. The molecule has 45 heavy (non-hydrogen) atoms. The second kappa shape index (κ2) is 14.5. The Morgan fingerprint density at radius 2 is 1.20 bits per heavy atom. The number of carbonyl (C=O) groups excluding carboxylic acids is 1. The minimum Gasteiger partial charge on any atom is -0.420 e. The van der Waals surface area contributed by atoms with Gasteiger partial charge >= 0.3 is 45.0 Å². The zero-order chi connectivity index (χ0) is 35.6. The Morgan fingerprint density at radius 3 is 1.58 bits per heavy atom. The van der Waals surface area contributed by atoms with Crippen LogP contribution in [0.1, 0.15) is 0 Å². The molecule has 0 heterocycles. The number of hydrogen-bond donors (Lipinski definition) is 0. The van der Waals surface area contributed by atoms with Crippen LogP contribution in [-0.4, -0.2) is 87.2 Å². The lowest BCUT2D eigenvalue weighted by Gasteiger charge is -2.37. The van der Waals surface area contributed by atoms with Crippen molar-refractivity contribution in [2.75, 3.05) is 11.9 Å². The molecule has 0 saturated heterocycles. The van der Waals surface area contributed by atoms with Gasteiger partial charge in [0.15, 0.2) is 27.1 Å². The lowest BCUT2D eigenvalue weighted by atomic mass is 10.2. The van der Waals surface area contributed by atoms with Crippen LogP contribution in [0.15, 0.2) is 24.3 Å². The highest BCUT2D eigenvalue weighted by Gasteiger charge is 2.80. The van der Waals surface area contributed by atoms with Crippen LogP contribution in [0, 0.1) is 0 Å². The lowest BCUT2D eigenvalue weighted by molar-refractivity contribution is -0.472. The van der Waals surface area contributed by atoms with Crippen LogP contribution in [0.25, 0.3) is 0 Å². The molecule has 0 fully saturated rings. The van der Waals surface area contributed by atoms with Crippen LogP contribution in [0.2, 0.25) is 64.5 Å². The van der Waals surface area contributed by atoms with E-state index in [1.807, 2.05) is 52.4 Å². The maximum atomic E-state index is 15.0. The summed E-state index contributed by atoms with van der Waals surface area (Å²) in [5, 5.41) is 0.499. The number of amides is 1. The molecular weight excluding hydrogens is 720 g/mol. The summed E-state index contributed by atoms with van der Waals surface area (Å²) < 4.78 is 169. The van der Waals surface area contributed by atoms with Crippen molar-refractivity contribution in [3.63, 3.8) is 0 Å². The standard InChI is InChI=1S/C23H38F11NO5Si5/c1-35(18(36)19(24,21(27,28)29)37-23(33,34)20(25,26)22(30,31)32)16-11-10-12-17(15-16)44(8,9)13-14-45(38-41(2)3,39-42(4)5)40-43(6)7/h10-12,15,41-43H,13-14H2,1-9H3. The van der Waals surface area contributed by atoms with Crippen molar-refractivity contribution in [2.24, 2.45) is 0 Å². The van der Waals surface area contributed by atoms with Gasteiger partial charge in [0, 0.05) is 18.8 Å². The van der Waals surface area contributed by atoms with Gasteiger partial charge in [0.1, 0.15) is 0 Å². The largest absolute Gasteiger partial charge is 0.468 e. The number of carbonyl (C=O) groups is 1. The molecule has 262 valence electrons. The fourth-order valence-corrected chi connectivity index (χ4v) is 21.3. The first-order valence-electron chi connectivity index (χ1n) is 13.6. The molecule has 0 N–H and O–H groups in total. The molecule has 1 unspecified atom stereocenters. The predicted molar refractivity (Wildman–Crippen MR) is 159 cm³/mol. The molecule has 1 aromatic carbocycles. The number of halogens is 11. The highest BCUT2D eigenvalue weighted by molar-refractivity contribution is 6.91. The van der Waals surface area contributed by atoms with Crippen molar-refractivity contribution < 1.29 is 70.2 Å². The average molecular weight is 758 g/mol. The molecule has 1 atom stereocenters. The number of alkyl halides is 11. The maximum Gasteiger partial charge on any atom is 0.468 e. The molecule has 0 spiro atoms. The van der Waals surface area contributed by atoms with Crippen LogP contribution in [0.4, 0.5) is 54.0 Å². The molecule has 6 nitrogen and oxygen atoms in total. The first kappa shape index (κ1) is 41.9. The number of ether oxygens (including phenoxy) is 1. The van der Waals surface area contributed by atoms with Crippen LogP contribution in [-0.2, 0) is 21.9 Å². The summed E-state index contributed by atoms with van der Waals surface area (Å²) in [5.41, 5.74) is -0.495. The van der Waals surface area contributed by atoms with E-state index in [9.17, 15) is 48.7 Å². The quantitative estimate of drug-likeness (QED) is 0.150. The highest BCUT2D eigenvalue weighted by atomic mass is 28.5. The van der Waals surface area contributed by atoms with Crippen LogP contribution in [0.3, 0.4) is 0 Å². The van der Waals surface area contributed by atoms with Gasteiger partial charge in [0.2, 0.25) is 0 Å². The van der Waals surface area contributed by atoms with E-state index >= 15 is 4.39 Å². The SMILES string of the molecule is CN(C(=O)C(F)(OC(F)(F)C(F)(F)C(F)(F)F)C(F)(F)F)c1cccc([Si](C)(C)CC[Si](O[SiH](C)C)(O[SiH](C)C)O[SiH](C)C)c1. The Kier molecular flexibility index (Phi) is 13.5. The van der Waals surface area contributed by atoms with Gasteiger partial charge in [0.05, 0.1) is 8.07 Å². The van der Waals surface area contributed by atoms with E-state index in [0.717, 1.165) is 6.07 Å². The fourth-order valence-electron chi connectivity index (χ4n) is 4.04. The third-order valence-electron chi connectivity index (χ3n) is 6.25. The summed E-state index contributed by atoms with van der Waals surface area (Å²) in [6, 6.07) is 5.92. The van der Waals surface area contributed by atoms with E-state index in [2.05, 4.69) is 4.74 Å². The molecule has 22 heteroatoms. The van der Waals surface area contributed by atoms with Crippen molar-refractivity contribution in [3.05, 3.63) is 24.3 Å². The smallest absolute Gasteiger partial charge is 0.420 e. The van der Waals surface area contributed by atoms with Gasteiger partial charge in [-0.25, -0.2) is 0 Å². The molecule has 0 saturated carbocycles. The highest BCUT2D eigenvalue weighted by Crippen LogP contribution is 2.51. The van der Waals surface area contributed by atoms with Gasteiger partial charge in [0.25, 0.3) is 0 Å². The van der Waals surface area contributed by atoms with E-state index in [-0.39, 0.29) is 4.90 Å². The van der Waals surface area contributed by atoms with Gasteiger partial charge in [-0.05, 0) is 57.5 Å². The van der Waals surface area contributed by atoms with Crippen LogP contribution in [0.5, 0.6) is 0 Å². The molecule has 0 aromatic heterocycles. The molecule has 0 radical (unpaired) electrons. The predicted octanol–water partition coefficient (Wildman–Crippen LogP) is 6.54. The number of hydrogen-bond acceptors (Lipinski definition) is 5. The van der Waals surface area contributed by atoms with Gasteiger partial charge < -0.3 is 17.2 Å². The summed E-state index contributed by atoms with van der Waals surface area (Å²) in [6.45, 7) is 15.5. The first-order chi connectivity index (χ1) is 19.9. The summed E-state index contributed by atoms with van der Waals surface area (Å²) in [7, 11) is -10.2. The zero-order valence-electron chi connectivity index (χ0n) is 26.1. The molecule has 1 aromatic rings. The zero-order valence-corrected chi connectivity index (χ0v) is 31.6. The van der Waals surface area contributed by atoms with Crippen molar-refractivity contribution in [2.45, 2.75) is 94.7 Å². The van der Waals surface area contributed by atoms with E-state index in [4.69, 9.17) is 12.3 Å². The maximum absolute atomic E-state index is 15.0. The van der Waals surface area contributed by atoms with Gasteiger partial charge in [-0.3, -0.25) is 9.53 Å². The Bertz CT molecular complexity index is 1130. The van der Waals surface area contributed by atoms with E-state index < -0.39 is 85.8 Å². The molecule has 1 amide bonds. The van der Waals surface area contributed by atoms with Gasteiger partial charge in [-0.2, -0.15) is 48.3 Å². The summed E-state index contributed by atoms with van der Waals surface area (Å²) in [5.74, 6) is -16.6. The number of nitrogens with zero attached hydrogens (tertiary/aromatic N) is 1. The third kappa shape index (κ3) is 10.2. The summed E-state index contributed by atoms with van der Waals surface area (Å²) >= 11 is 0. The van der Waals surface area contributed by atoms with Crippen molar-refractivity contribution in [1.29, 1.82) is 0 Å². The minimum atomic E-state index is -7.28. The Hall–Kier alpha value is -1.16. The first-order valence-corrected chi connectivity index (χ1v) is 27.1. The Balaban J connectivity index is 3.48. The number of benzene rings is 1. The van der Waals surface area contributed by atoms with Crippen molar-refractivity contribution >= 4 is 60.8 Å². The molecule has 0 aliphatic rings. The van der Waals surface area contributed by atoms with Crippen molar-refractivity contribution in [3.8, 4) is 0 Å². The van der Waals surface area contributed by atoms with Crippen LogP contribution >= 0.6 is 0 Å². The monoisotopic (exact) mass is 757 g/mol. The Morgan fingerprint density at radius 1 is 0.756 bits per heavy atom. The van der Waals surface area contributed by atoms with Crippen LogP contribution < -0.4 is 10.1 Å². The normalized spacial score (nSPS) is 15.6. The van der Waals surface area contributed by atoms with Gasteiger partial charge in [-0.15, -0.1) is 0 Å². The minimum absolute atomic E-state index is 0.142. The summed E-state index contributed by atoms with van der Waals surface area (Å²) in [4.78, 5) is 12.5. The fraction of sp³-hybridized carbons (Fsp3) is 0.696. The molecule has 0 aliphatic carbocycles. The second-order valence-corrected chi connectivity index (χ2v) is 27.6. The topological polar surface area (TPSA) is 57.2 Å². The second-order valence-electron chi connectivity index (χ2n) is 11.8. The van der Waals surface area contributed by atoms with Crippen molar-refractivity contribution in [1.82, 2.24) is 0 Å². The third-order valence-corrected chi connectivity index (χ3v) is 21.0. The molecule has 0 bridgehead atoms. The average Bonchev–Trinajstić information content (AvgIpc) is 2.83. The van der Waals surface area contributed by atoms with Gasteiger partial charge in [-0.1, -0.05) is 30.4 Å². The number of likely N-dealkylation sites (N-methyl/N-ethyl adjacent to an activating group) is 1. The summed E-state index contributed by atoms with van der Waals surface area (Å²) in [6.07, 6.45) is -21.1. The molecular formula is C23H38F11NO5Si5. The lowest BCUT2D eigenvalue weighted by Crippen LogP contribution is -2.63. The van der Waals surface area contributed by atoms with E-state index in [0.29, 0.717) is 24.3 Å². The van der Waals surface area contributed by atoms with E-state index in [1.54, 1.807) is 6.07 Å². The Labute approximate surface area is 261 Å². The number of rotatable bonds is 15. The molecule has 0 aliphatic heterocycles.